The first-order valence-electron chi connectivity index (χ1n) is 9.18. The van der Waals surface area contributed by atoms with Crippen molar-refractivity contribution in [2.75, 3.05) is 11.4 Å². The van der Waals surface area contributed by atoms with Crippen molar-refractivity contribution in [3.05, 3.63) is 60.6 Å². The number of thiazole rings is 1. The normalized spacial score (nSPS) is 15.5. The fourth-order valence-corrected chi connectivity index (χ4v) is 5.47. The van der Waals surface area contributed by atoms with E-state index in [-0.39, 0.29) is 11.5 Å². The predicted molar refractivity (Wildman–Crippen MR) is 120 cm³/mol. The average Bonchev–Trinajstić information content (AvgIpc) is 3.45. The van der Waals surface area contributed by atoms with Crippen molar-refractivity contribution in [3.8, 4) is 10.7 Å². The van der Waals surface area contributed by atoms with Crippen LogP contribution in [0, 0.1) is 0 Å². The van der Waals surface area contributed by atoms with Crippen molar-refractivity contribution in [2.24, 2.45) is 0 Å². The van der Waals surface area contributed by atoms with Crippen LogP contribution < -0.4 is 15.0 Å². The molecule has 0 spiro atoms. The lowest BCUT2D eigenvalue weighted by Crippen LogP contribution is -2.33. The maximum atomic E-state index is 13.3. The summed E-state index contributed by atoms with van der Waals surface area (Å²) < 4.78 is 2.56. The fraction of sp³-hybridized carbons (Fsp3) is 0.200. The van der Waals surface area contributed by atoms with Gasteiger partial charge in [0, 0.05) is 16.6 Å². The summed E-state index contributed by atoms with van der Waals surface area (Å²) >= 11 is 6.23. The topological polar surface area (TPSA) is 67.6 Å². The zero-order valence-electron chi connectivity index (χ0n) is 15.4. The first kappa shape index (κ1) is 18.7. The van der Waals surface area contributed by atoms with Crippen LogP contribution in [0.3, 0.4) is 0 Å². The smallest absolute Gasteiger partial charge is 0.291 e. The van der Waals surface area contributed by atoms with Gasteiger partial charge in [0.25, 0.3) is 11.5 Å². The molecule has 0 bridgehead atoms. The molecule has 1 aliphatic heterocycles. The summed E-state index contributed by atoms with van der Waals surface area (Å²) in [6.45, 7) is 2.72. The maximum Gasteiger partial charge on any atom is 0.291 e. The van der Waals surface area contributed by atoms with Gasteiger partial charge in [0.2, 0.25) is 4.96 Å². The highest BCUT2D eigenvalue weighted by Gasteiger charge is 2.34. The summed E-state index contributed by atoms with van der Waals surface area (Å²) in [4.78, 5) is 34.1. The van der Waals surface area contributed by atoms with Crippen molar-refractivity contribution in [1.29, 1.82) is 0 Å². The zero-order valence-corrected chi connectivity index (χ0v) is 18.6. The number of amides is 1. The molecule has 0 saturated carbocycles. The quantitative estimate of drug-likeness (QED) is 0.440. The van der Waals surface area contributed by atoms with Crippen LogP contribution >= 0.6 is 38.6 Å². The van der Waals surface area contributed by atoms with E-state index in [4.69, 9.17) is 0 Å². The number of rotatable bonds is 4. The van der Waals surface area contributed by atoms with E-state index in [1.54, 1.807) is 4.90 Å². The van der Waals surface area contributed by atoms with E-state index < -0.39 is 0 Å². The van der Waals surface area contributed by atoms with Gasteiger partial charge in [-0.2, -0.15) is 9.50 Å². The number of hydrogen-bond acceptors (Lipinski definition) is 6. The number of halogens is 1. The second-order valence-electron chi connectivity index (χ2n) is 6.69. The molecule has 0 fully saturated rings. The Balaban J connectivity index is 1.73. The number of carbonyl (C=O) groups excluding carboxylic acids is 1. The van der Waals surface area contributed by atoms with Crippen molar-refractivity contribution in [2.45, 2.75) is 19.8 Å². The van der Waals surface area contributed by atoms with Gasteiger partial charge in [-0.3, -0.25) is 9.59 Å². The Bertz CT molecular complexity index is 1360. The van der Waals surface area contributed by atoms with Crippen molar-refractivity contribution >= 4 is 60.7 Å². The SMILES string of the molecule is CCCCN1C(=O)C(=c2sc3nc(-c4cccs4)nn3c2=O)c2cc(Br)ccc21. The van der Waals surface area contributed by atoms with Crippen LogP contribution in [0.25, 0.3) is 21.2 Å². The van der Waals surface area contributed by atoms with Gasteiger partial charge in [-0.15, -0.1) is 16.4 Å². The van der Waals surface area contributed by atoms with Crippen molar-refractivity contribution in [1.82, 2.24) is 14.6 Å². The molecule has 0 N–H and O–H groups in total. The van der Waals surface area contributed by atoms with Gasteiger partial charge in [-0.25, -0.2) is 0 Å². The number of unbranched alkanes of at least 4 members (excludes halogenated alkanes) is 1. The molecule has 4 heterocycles. The van der Waals surface area contributed by atoms with E-state index in [9.17, 15) is 9.59 Å². The Morgan fingerprint density at radius 3 is 2.79 bits per heavy atom. The Hall–Kier alpha value is -2.36. The summed E-state index contributed by atoms with van der Waals surface area (Å²) in [6.07, 6.45) is 1.89. The van der Waals surface area contributed by atoms with Crippen LogP contribution in [-0.2, 0) is 4.79 Å². The van der Waals surface area contributed by atoms with Gasteiger partial charge < -0.3 is 4.90 Å². The zero-order chi connectivity index (χ0) is 20.1. The van der Waals surface area contributed by atoms with E-state index in [2.05, 4.69) is 32.9 Å². The van der Waals surface area contributed by atoms with E-state index in [1.165, 1.54) is 27.2 Å². The van der Waals surface area contributed by atoms with Crippen LogP contribution in [0.1, 0.15) is 25.3 Å². The summed E-state index contributed by atoms with van der Waals surface area (Å²) in [6, 6.07) is 9.59. The van der Waals surface area contributed by atoms with E-state index in [0.29, 0.717) is 27.4 Å². The van der Waals surface area contributed by atoms with E-state index in [1.807, 2.05) is 35.7 Å². The van der Waals surface area contributed by atoms with Crippen molar-refractivity contribution < 1.29 is 4.79 Å². The number of carbonyl (C=O) groups is 1. The number of nitrogens with zero attached hydrogens (tertiary/aromatic N) is 4. The average molecular weight is 487 g/mol. The first-order valence-corrected chi connectivity index (χ1v) is 11.7. The number of hydrogen-bond donors (Lipinski definition) is 0. The molecule has 0 aliphatic carbocycles. The Kier molecular flexibility index (Phi) is 4.60. The van der Waals surface area contributed by atoms with Gasteiger partial charge in [0.1, 0.15) is 4.53 Å². The third-order valence-corrected chi connectivity index (χ3v) is 7.23. The summed E-state index contributed by atoms with van der Waals surface area (Å²) in [5.41, 5.74) is 1.77. The number of aromatic nitrogens is 3. The minimum atomic E-state index is -0.299. The van der Waals surface area contributed by atoms with Gasteiger partial charge in [-0.05, 0) is 36.1 Å². The molecule has 1 aliphatic rings. The molecule has 3 aromatic heterocycles. The lowest BCUT2D eigenvalue weighted by Gasteiger charge is -2.16. The largest absolute Gasteiger partial charge is 0.308 e. The third kappa shape index (κ3) is 2.95. The van der Waals surface area contributed by atoms with Gasteiger partial charge in [0.05, 0.1) is 16.1 Å². The van der Waals surface area contributed by atoms with Crippen LogP contribution in [0.2, 0.25) is 0 Å². The number of anilines is 1. The predicted octanol–water partition coefficient (Wildman–Crippen LogP) is 3.71. The molecule has 0 atom stereocenters. The number of fused-ring (bicyclic) bond motifs is 2. The molecule has 5 rings (SSSR count). The second kappa shape index (κ2) is 7.16. The molecule has 1 aromatic carbocycles. The Morgan fingerprint density at radius 1 is 1.21 bits per heavy atom. The number of benzene rings is 1. The molecular formula is C20H15BrN4O2S2. The summed E-state index contributed by atoms with van der Waals surface area (Å²) in [5.74, 6) is 0.400. The molecule has 0 radical (unpaired) electrons. The molecule has 1 amide bonds. The highest BCUT2D eigenvalue weighted by Crippen LogP contribution is 2.37. The van der Waals surface area contributed by atoms with Crippen LogP contribution in [0.5, 0.6) is 0 Å². The van der Waals surface area contributed by atoms with Crippen LogP contribution in [-0.4, -0.2) is 27.0 Å². The molecule has 9 heteroatoms. The van der Waals surface area contributed by atoms with E-state index in [0.717, 1.165) is 33.4 Å². The van der Waals surface area contributed by atoms with Crippen molar-refractivity contribution in [3.63, 3.8) is 0 Å². The summed E-state index contributed by atoms with van der Waals surface area (Å²) in [5, 5.41) is 6.33. The minimum Gasteiger partial charge on any atom is -0.308 e. The minimum absolute atomic E-state index is 0.133. The van der Waals surface area contributed by atoms with Crippen LogP contribution in [0.15, 0.2) is 45.0 Å². The Labute approximate surface area is 182 Å². The highest BCUT2D eigenvalue weighted by molar-refractivity contribution is 9.10. The summed E-state index contributed by atoms with van der Waals surface area (Å²) in [7, 11) is 0. The first-order chi connectivity index (χ1) is 14.1. The highest BCUT2D eigenvalue weighted by atomic mass is 79.9. The Morgan fingerprint density at radius 2 is 2.07 bits per heavy atom. The lowest BCUT2D eigenvalue weighted by atomic mass is 10.1. The third-order valence-electron chi connectivity index (χ3n) is 4.84. The standard InChI is InChI=1S/C20H15BrN4O2S2/c1-2-3-8-24-13-7-6-11(21)10-12(13)15(18(24)26)16-19(27)25-20(29-16)22-17(23-25)14-5-4-9-28-14/h4-7,9-10H,2-3,8H2,1H3. The fourth-order valence-electron chi connectivity index (χ4n) is 3.46. The van der Waals surface area contributed by atoms with E-state index >= 15 is 0 Å². The second-order valence-corrected chi connectivity index (χ2v) is 9.53. The van der Waals surface area contributed by atoms with Gasteiger partial charge in [0.15, 0.2) is 5.82 Å². The lowest BCUT2D eigenvalue weighted by molar-refractivity contribution is -0.113. The van der Waals surface area contributed by atoms with Gasteiger partial charge >= 0.3 is 0 Å². The van der Waals surface area contributed by atoms with Gasteiger partial charge in [-0.1, -0.05) is 46.7 Å². The molecule has 0 saturated heterocycles. The monoisotopic (exact) mass is 486 g/mol. The molecule has 146 valence electrons. The molecule has 0 unspecified atom stereocenters. The maximum absolute atomic E-state index is 13.3. The molecular weight excluding hydrogens is 472 g/mol. The number of thiophene rings is 1. The molecule has 6 nitrogen and oxygen atoms in total. The molecule has 29 heavy (non-hydrogen) atoms. The molecule has 4 aromatic rings. The van der Waals surface area contributed by atoms with Crippen LogP contribution in [0.4, 0.5) is 5.69 Å².